The molecule has 7 heteroatoms. The number of carbonyl (C=O) groups is 1. The standard InChI is InChI=1S/C20H13FN4O2/c21-16-10-6-14(7-11-16)19(26)15-8-12-18(13-9-15)27-20-22-23-24-25(20)17-4-2-1-3-5-17/h1-13H. The number of para-hydroxylation sites is 1. The summed E-state index contributed by atoms with van der Waals surface area (Å²) in [7, 11) is 0. The molecule has 0 aliphatic rings. The number of tetrazole rings is 1. The summed E-state index contributed by atoms with van der Waals surface area (Å²) in [5, 5.41) is 11.4. The number of halogens is 1. The number of hydrogen-bond donors (Lipinski definition) is 0. The van der Waals surface area contributed by atoms with Gasteiger partial charge in [-0.2, -0.15) is 4.68 Å². The summed E-state index contributed by atoms with van der Waals surface area (Å²) < 4.78 is 20.2. The Bertz CT molecular complexity index is 1060. The van der Waals surface area contributed by atoms with Crippen LogP contribution in [0.1, 0.15) is 15.9 Å². The molecule has 0 spiro atoms. The highest BCUT2D eigenvalue weighted by molar-refractivity contribution is 6.08. The van der Waals surface area contributed by atoms with Gasteiger partial charge >= 0.3 is 6.01 Å². The van der Waals surface area contributed by atoms with E-state index in [9.17, 15) is 9.18 Å². The van der Waals surface area contributed by atoms with Crippen LogP contribution in [-0.2, 0) is 0 Å². The zero-order chi connectivity index (χ0) is 18.6. The molecule has 4 rings (SSSR count). The van der Waals surface area contributed by atoms with E-state index in [1.165, 1.54) is 28.9 Å². The number of nitrogens with zero attached hydrogens (tertiary/aromatic N) is 4. The molecular formula is C20H13FN4O2. The van der Waals surface area contributed by atoms with Crippen LogP contribution in [0.2, 0.25) is 0 Å². The fraction of sp³-hybridized carbons (Fsp3) is 0. The van der Waals surface area contributed by atoms with Gasteiger partial charge in [-0.15, -0.1) is 0 Å². The van der Waals surface area contributed by atoms with Crippen molar-refractivity contribution in [3.05, 3.63) is 95.8 Å². The Balaban J connectivity index is 1.53. The average Bonchev–Trinajstić information content (AvgIpc) is 3.17. The highest BCUT2D eigenvalue weighted by Crippen LogP contribution is 2.22. The highest BCUT2D eigenvalue weighted by atomic mass is 19.1. The van der Waals surface area contributed by atoms with E-state index in [4.69, 9.17) is 4.74 Å². The van der Waals surface area contributed by atoms with Crippen molar-refractivity contribution in [1.82, 2.24) is 20.2 Å². The van der Waals surface area contributed by atoms with E-state index < -0.39 is 0 Å². The van der Waals surface area contributed by atoms with Crippen molar-refractivity contribution in [3.8, 4) is 17.4 Å². The number of carbonyl (C=O) groups excluding carboxylic acids is 1. The van der Waals surface area contributed by atoms with Gasteiger partial charge in [-0.3, -0.25) is 4.79 Å². The smallest absolute Gasteiger partial charge is 0.345 e. The number of rotatable bonds is 5. The normalized spacial score (nSPS) is 10.6. The molecule has 4 aromatic rings. The summed E-state index contributed by atoms with van der Waals surface area (Å²) >= 11 is 0. The van der Waals surface area contributed by atoms with Crippen molar-refractivity contribution in [2.45, 2.75) is 0 Å². The summed E-state index contributed by atoms with van der Waals surface area (Å²) in [5.74, 6) is -0.0975. The molecule has 0 N–H and O–H groups in total. The Kier molecular flexibility index (Phi) is 4.40. The van der Waals surface area contributed by atoms with E-state index in [-0.39, 0.29) is 17.6 Å². The Hall–Kier alpha value is -3.87. The van der Waals surface area contributed by atoms with Gasteiger partial charge in [0.15, 0.2) is 5.78 Å². The Morgan fingerprint density at radius 2 is 1.48 bits per heavy atom. The molecular weight excluding hydrogens is 347 g/mol. The lowest BCUT2D eigenvalue weighted by atomic mass is 10.0. The lowest BCUT2D eigenvalue weighted by Crippen LogP contribution is -2.02. The van der Waals surface area contributed by atoms with E-state index in [1.54, 1.807) is 24.3 Å². The van der Waals surface area contributed by atoms with Crippen LogP contribution in [0.5, 0.6) is 11.8 Å². The molecule has 6 nitrogen and oxygen atoms in total. The van der Waals surface area contributed by atoms with Crippen LogP contribution in [0.3, 0.4) is 0 Å². The van der Waals surface area contributed by atoms with Crippen molar-refractivity contribution in [2.75, 3.05) is 0 Å². The minimum atomic E-state index is -0.383. The molecule has 1 aromatic heterocycles. The zero-order valence-corrected chi connectivity index (χ0v) is 14.0. The fourth-order valence-corrected chi connectivity index (χ4v) is 2.52. The highest BCUT2D eigenvalue weighted by Gasteiger charge is 2.12. The second-order valence-corrected chi connectivity index (χ2v) is 5.67. The van der Waals surface area contributed by atoms with Gasteiger partial charge in [0.2, 0.25) is 0 Å². The first-order chi connectivity index (χ1) is 13.2. The summed E-state index contributed by atoms with van der Waals surface area (Å²) in [4.78, 5) is 12.4. The number of hydrogen-bond acceptors (Lipinski definition) is 5. The molecule has 1 heterocycles. The minimum Gasteiger partial charge on any atom is -0.423 e. The maximum absolute atomic E-state index is 13.0. The number of benzene rings is 3. The molecule has 3 aromatic carbocycles. The van der Waals surface area contributed by atoms with Crippen molar-refractivity contribution in [1.29, 1.82) is 0 Å². The second-order valence-electron chi connectivity index (χ2n) is 5.67. The van der Waals surface area contributed by atoms with E-state index in [0.29, 0.717) is 16.9 Å². The quantitative estimate of drug-likeness (QED) is 0.506. The Morgan fingerprint density at radius 3 is 2.15 bits per heavy atom. The van der Waals surface area contributed by atoms with Gasteiger partial charge in [-0.05, 0) is 71.1 Å². The fourth-order valence-electron chi connectivity index (χ4n) is 2.52. The first kappa shape index (κ1) is 16.6. The topological polar surface area (TPSA) is 69.9 Å². The monoisotopic (exact) mass is 360 g/mol. The molecule has 0 aliphatic heterocycles. The lowest BCUT2D eigenvalue weighted by molar-refractivity contribution is 0.103. The lowest BCUT2D eigenvalue weighted by Gasteiger charge is -2.07. The summed E-state index contributed by atoms with van der Waals surface area (Å²) in [5.41, 5.74) is 1.65. The summed E-state index contributed by atoms with van der Waals surface area (Å²) in [6.45, 7) is 0. The summed E-state index contributed by atoms with van der Waals surface area (Å²) in [6.07, 6.45) is 0. The van der Waals surface area contributed by atoms with Crippen molar-refractivity contribution < 1.29 is 13.9 Å². The SMILES string of the molecule is O=C(c1ccc(F)cc1)c1ccc(Oc2nnnn2-c2ccccc2)cc1. The third-order valence-electron chi connectivity index (χ3n) is 3.87. The first-order valence-corrected chi connectivity index (χ1v) is 8.13. The largest absolute Gasteiger partial charge is 0.423 e. The average molecular weight is 360 g/mol. The van der Waals surface area contributed by atoms with Crippen LogP contribution < -0.4 is 4.74 Å². The molecule has 132 valence electrons. The van der Waals surface area contributed by atoms with Gasteiger partial charge < -0.3 is 4.74 Å². The molecule has 0 unspecified atom stereocenters. The molecule has 0 radical (unpaired) electrons. The van der Waals surface area contributed by atoms with E-state index in [0.717, 1.165) is 5.69 Å². The van der Waals surface area contributed by atoms with E-state index in [2.05, 4.69) is 15.5 Å². The second kappa shape index (κ2) is 7.17. The van der Waals surface area contributed by atoms with Crippen LogP contribution in [0.4, 0.5) is 4.39 Å². The minimum absolute atomic E-state index is 0.198. The predicted molar refractivity (Wildman–Crippen MR) is 95.5 cm³/mol. The maximum Gasteiger partial charge on any atom is 0.345 e. The summed E-state index contributed by atoms with van der Waals surface area (Å²) in [6, 6.07) is 21.6. The Labute approximate surface area is 153 Å². The van der Waals surface area contributed by atoms with Crippen LogP contribution >= 0.6 is 0 Å². The van der Waals surface area contributed by atoms with Crippen molar-refractivity contribution in [2.24, 2.45) is 0 Å². The van der Waals surface area contributed by atoms with E-state index >= 15 is 0 Å². The van der Waals surface area contributed by atoms with Crippen LogP contribution in [0.25, 0.3) is 5.69 Å². The molecule has 0 saturated carbocycles. The van der Waals surface area contributed by atoms with Crippen LogP contribution in [0, 0.1) is 5.82 Å². The van der Waals surface area contributed by atoms with Gasteiger partial charge in [0.05, 0.1) is 5.69 Å². The van der Waals surface area contributed by atoms with Gasteiger partial charge in [-0.25, -0.2) is 4.39 Å². The first-order valence-electron chi connectivity index (χ1n) is 8.13. The number of aromatic nitrogens is 4. The number of ketones is 1. The van der Waals surface area contributed by atoms with Crippen molar-refractivity contribution in [3.63, 3.8) is 0 Å². The Morgan fingerprint density at radius 1 is 0.852 bits per heavy atom. The van der Waals surface area contributed by atoms with E-state index in [1.807, 2.05) is 30.3 Å². The molecule has 0 saturated heterocycles. The van der Waals surface area contributed by atoms with Gasteiger partial charge in [0.25, 0.3) is 0 Å². The van der Waals surface area contributed by atoms with Gasteiger partial charge in [-0.1, -0.05) is 23.3 Å². The predicted octanol–water partition coefficient (Wildman–Crippen LogP) is 3.82. The van der Waals surface area contributed by atoms with Crippen molar-refractivity contribution >= 4 is 5.78 Å². The maximum atomic E-state index is 13.0. The van der Waals surface area contributed by atoms with Crippen LogP contribution in [0.15, 0.2) is 78.9 Å². The third kappa shape index (κ3) is 3.57. The third-order valence-corrected chi connectivity index (χ3v) is 3.87. The van der Waals surface area contributed by atoms with Gasteiger partial charge in [0.1, 0.15) is 11.6 Å². The molecule has 0 atom stereocenters. The molecule has 0 bridgehead atoms. The van der Waals surface area contributed by atoms with Crippen LogP contribution in [-0.4, -0.2) is 26.0 Å². The molecule has 0 amide bonds. The molecule has 0 aliphatic carbocycles. The number of ether oxygens (including phenoxy) is 1. The molecule has 0 fully saturated rings. The zero-order valence-electron chi connectivity index (χ0n) is 14.0. The molecule has 27 heavy (non-hydrogen) atoms. The van der Waals surface area contributed by atoms with Gasteiger partial charge in [0, 0.05) is 11.1 Å².